The number of rotatable bonds is 7. The summed E-state index contributed by atoms with van der Waals surface area (Å²) in [5, 5.41) is 4.75. The molecule has 0 saturated carbocycles. The Hall–Kier alpha value is -4.65. The average molecular weight is 494 g/mol. The number of para-hydroxylation sites is 2. The molecule has 1 aliphatic heterocycles. The predicted molar refractivity (Wildman–Crippen MR) is 143 cm³/mol. The van der Waals surface area contributed by atoms with Crippen molar-refractivity contribution in [3.8, 4) is 22.7 Å². The van der Waals surface area contributed by atoms with Gasteiger partial charge in [-0.2, -0.15) is 5.10 Å². The molecule has 1 aromatic heterocycles. The number of carbonyl (C=O) groups excluding carboxylic acids is 2. The molecular weight excluding hydrogens is 466 g/mol. The molecule has 0 spiro atoms. The summed E-state index contributed by atoms with van der Waals surface area (Å²) in [4.78, 5) is 27.0. The van der Waals surface area contributed by atoms with Gasteiger partial charge in [-0.05, 0) is 66.9 Å². The first-order valence-electron chi connectivity index (χ1n) is 12.1. The number of aryl methyl sites for hydroxylation is 1. The molecule has 0 fully saturated rings. The number of carbonyl (C=O) groups is 2. The van der Waals surface area contributed by atoms with E-state index in [2.05, 4.69) is 0 Å². The number of fused-ring (bicyclic) bond motifs is 1. The van der Waals surface area contributed by atoms with Gasteiger partial charge in [0, 0.05) is 35.6 Å². The lowest BCUT2D eigenvalue weighted by molar-refractivity contribution is -0.142. The van der Waals surface area contributed by atoms with Gasteiger partial charge in [-0.15, -0.1) is 0 Å². The van der Waals surface area contributed by atoms with Crippen LogP contribution in [0.15, 0.2) is 91.1 Å². The van der Waals surface area contributed by atoms with Gasteiger partial charge in [0.25, 0.3) is 5.91 Å². The van der Waals surface area contributed by atoms with Crippen LogP contribution in [0.5, 0.6) is 5.75 Å². The third kappa shape index (κ3) is 5.46. The molecule has 0 unspecified atom stereocenters. The minimum atomic E-state index is -0.591. The molecule has 1 aliphatic rings. The smallest absolute Gasteiger partial charge is 0.331 e. The largest absolute Gasteiger partial charge is 0.497 e. The molecule has 0 radical (unpaired) electrons. The Kier molecular flexibility index (Phi) is 7.12. The fraction of sp³-hybridized carbons (Fsp3) is 0.167. The lowest BCUT2D eigenvalue weighted by Crippen LogP contribution is -2.38. The predicted octanol–water partition coefficient (Wildman–Crippen LogP) is 5.08. The van der Waals surface area contributed by atoms with Crippen molar-refractivity contribution in [3.63, 3.8) is 0 Å². The highest BCUT2D eigenvalue weighted by Crippen LogP contribution is 2.28. The maximum atomic E-state index is 12.8. The van der Waals surface area contributed by atoms with Crippen LogP contribution in [0.2, 0.25) is 0 Å². The zero-order chi connectivity index (χ0) is 25.6. The molecule has 2 heterocycles. The van der Waals surface area contributed by atoms with Gasteiger partial charge in [-0.3, -0.25) is 4.79 Å². The minimum Gasteiger partial charge on any atom is -0.497 e. The molecule has 1 amide bonds. The molecule has 0 N–H and O–H groups in total. The van der Waals surface area contributed by atoms with Gasteiger partial charge in [0.1, 0.15) is 5.75 Å². The summed E-state index contributed by atoms with van der Waals surface area (Å²) >= 11 is 0. The standard InChI is InChI=1S/C30H27N3O4/c1-36-26-16-13-23(14-17-26)30-24(20-33(31-30)25-10-3-2-4-11-25)15-18-29(35)37-21-28(34)32-19-7-9-22-8-5-6-12-27(22)32/h2-6,8,10-18,20H,7,9,19,21H2,1H3. The summed E-state index contributed by atoms with van der Waals surface area (Å²) in [6, 6.07) is 25.1. The first kappa shape index (κ1) is 24.1. The van der Waals surface area contributed by atoms with E-state index >= 15 is 0 Å². The second-order valence-corrected chi connectivity index (χ2v) is 8.66. The maximum Gasteiger partial charge on any atom is 0.331 e. The molecule has 37 heavy (non-hydrogen) atoms. The molecule has 7 heteroatoms. The number of ether oxygens (including phenoxy) is 2. The first-order valence-corrected chi connectivity index (χ1v) is 12.1. The molecule has 0 atom stereocenters. The Labute approximate surface area is 215 Å². The Balaban J connectivity index is 1.32. The van der Waals surface area contributed by atoms with E-state index in [4.69, 9.17) is 14.6 Å². The zero-order valence-corrected chi connectivity index (χ0v) is 20.5. The molecule has 7 nitrogen and oxygen atoms in total. The number of hydrogen-bond acceptors (Lipinski definition) is 5. The van der Waals surface area contributed by atoms with Gasteiger partial charge in [-0.25, -0.2) is 9.48 Å². The molecule has 0 aliphatic carbocycles. The third-order valence-corrected chi connectivity index (χ3v) is 6.27. The molecule has 0 saturated heterocycles. The second-order valence-electron chi connectivity index (χ2n) is 8.66. The summed E-state index contributed by atoms with van der Waals surface area (Å²) < 4.78 is 12.3. The molecular formula is C30H27N3O4. The summed E-state index contributed by atoms with van der Waals surface area (Å²) in [6.07, 6.45) is 6.67. The molecule has 4 aromatic rings. The van der Waals surface area contributed by atoms with Crippen molar-refractivity contribution in [2.45, 2.75) is 12.8 Å². The highest BCUT2D eigenvalue weighted by Gasteiger charge is 2.22. The van der Waals surface area contributed by atoms with Gasteiger partial charge >= 0.3 is 5.97 Å². The average Bonchev–Trinajstić information content (AvgIpc) is 3.39. The Morgan fingerprint density at radius 2 is 1.73 bits per heavy atom. The number of anilines is 1. The molecule has 186 valence electrons. The number of esters is 1. The molecule has 3 aromatic carbocycles. The Morgan fingerprint density at radius 1 is 0.973 bits per heavy atom. The SMILES string of the molecule is COc1ccc(-c2nn(-c3ccccc3)cc2C=CC(=O)OCC(=O)N2CCCc3ccccc32)cc1. The van der Waals surface area contributed by atoms with E-state index in [9.17, 15) is 9.59 Å². The van der Waals surface area contributed by atoms with Crippen LogP contribution in [0.25, 0.3) is 23.0 Å². The third-order valence-electron chi connectivity index (χ3n) is 6.27. The van der Waals surface area contributed by atoms with Crippen LogP contribution in [0.3, 0.4) is 0 Å². The van der Waals surface area contributed by atoms with Gasteiger partial charge in [0.15, 0.2) is 6.61 Å². The number of nitrogens with zero attached hydrogens (tertiary/aromatic N) is 3. The van der Waals surface area contributed by atoms with Crippen LogP contribution in [-0.2, 0) is 20.7 Å². The van der Waals surface area contributed by atoms with Crippen molar-refractivity contribution < 1.29 is 19.1 Å². The van der Waals surface area contributed by atoms with Crippen molar-refractivity contribution >= 4 is 23.6 Å². The van der Waals surface area contributed by atoms with Gasteiger partial charge < -0.3 is 14.4 Å². The highest BCUT2D eigenvalue weighted by molar-refractivity contribution is 5.97. The normalized spacial score (nSPS) is 12.8. The quantitative estimate of drug-likeness (QED) is 0.265. The molecule has 0 bridgehead atoms. The Morgan fingerprint density at radius 3 is 2.51 bits per heavy atom. The van der Waals surface area contributed by atoms with Crippen LogP contribution in [0, 0.1) is 0 Å². The van der Waals surface area contributed by atoms with Crippen LogP contribution in [-0.4, -0.2) is 41.9 Å². The van der Waals surface area contributed by atoms with E-state index < -0.39 is 5.97 Å². The fourth-order valence-corrected chi connectivity index (χ4v) is 4.40. The van der Waals surface area contributed by atoms with Crippen LogP contribution in [0.4, 0.5) is 5.69 Å². The monoisotopic (exact) mass is 493 g/mol. The van der Waals surface area contributed by atoms with E-state index in [0.29, 0.717) is 12.2 Å². The van der Waals surface area contributed by atoms with Crippen molar-refractivity contribution in [2.24, 2.45) is 0 Å². The van der Waals surface area contributed by atoms with E-state index in [1.165, 1.54) is 6.08 Å². The molecule has 5 rings (SSSR count). The van der Waals surface area contributed by atoms with E-state index in [-0.39, 0.29) is 12.5 Å². The Bertz CT molecular complexity index is 1420. The van der Waals surface area contributed by atoms with Crippen molar-refractivity contribution in [2.75, 3.05) is 25.2 Å². The second kappa shape index (κ2) is 11.0. The maximum absolute atomic E-state index is 12.8. The van der Waals surface area contributed by atoms with E-state index in [1.807, 2.05) is 85.1 Å². The highest BCUT2D eigenvalue weighted by atomic mass is 16.5. The topological polar surface area (TPSA) is 73.7 Å². The van der Waals surface area contributed by atoms with Crippen molar-refractivity contribution in [1.82, 2.24) is 9.78 Å². The van der Waals surface area contributed by atoms with Crippen LogP contribution >= 0.6 is 0 Å². The fourth-order valence-electron chi connectivity index (χ4n) is 4.40. The van der Waals surface area contributed by atoms with Crippen molar-refractivity contribution in [3.05, 3.63) is 102 Å². The van der Waals surface area contributed by atoms with Gasteiger partial charge in [0.05, 0.1) is 18.5 Å². The summed E-state index contributed by atoms with van der Waals surface area (Å²) in [5.74, 6) is -0.0792. The van der Waals surface area contributed by atoms with Crippen LogP contribution < -0.4 is 9.64 Å². The van der Waals surface area contributed by atoms with Crippen LogP contribution in [0.1, 0.15) is 17.5 Å². The summed E-state index contributed by atoms with van der Waals surface area (Å²) in [5.41, 5.74) is 5.24. The van der Waals surface area contributed by atoms with Crippen molar-refractivity contribution in [1.29, 1.82) is 0 Å². The minimum absolute atomic E-state index is 0.232. The lowest BCUT2D eigenvalue weighted by Gasteiger charge is -2.29. The van der Waals surface area contributed by atoms with Gasteiger partial charge in [0.2, 0.25) is 0 Å². The number of methoxy groups -OCH3 is 1. The number of hydrogen-bond donors (Lipinski definition) is 0. The summed E-state index contributed by atoms with van der Waals surface area (Å²) in [7, 11) is 1.62. The first-order chi connectivity index (χ1) is 18.1. The van der Waals surface area contributed by atoms with E-state index in [1.54, 1.807) is 22.8 Å². The number of amides is 1. The number of benzene rings is 3. The lowest BCUT2D eigenvalue weighted by atomic mass is 10.0. The van der Waals surface area contributed by atoms with Gasteiger partial charge in [-0.1, -0.05) is 36.4 Å². The number of aromatic nitrogens is 2. The van der Waals surface area contributed by atoms with E-state index in [0.717, 1.165) is 46.7 Å². The zero-order valence-electron chi connectivity index (χ0n) is 20.5. The summed E-state index contributed by atoms with van der Waals surface area (Å²) in [6.45, 7) is 0.305.